The topological polar surface area (TPSA) is 46.2 Å². The number of sulfone groups is 1. The first kappa shape index (κ1) is 14.5. The lowest BCUT2D eigenvalue weighted by molar-refractivity contribution is 0.300. The largest absolute Gasteiger partial charge is 0.310 e. The molecule has 0 saturated heterocycles. The molecular formula is C15H23NO2S. The average molecular weight is 281 g/mol. The van der Waals surface area contributed by atoms with E-state index in [2.05, 4.69) is 12.2 Å². The van der Waals surface area contributed by atoms with Crippen molar-refractivity contribution in [2.75, 3.05) is 6.26 Å². The smallest absolute Gasteiger partial charge is 0.175 e. The van der Waals surface area contributed by atoms with Gasteiger partial charge < -0.3 is 5.32 Å². The van der Waals surface area contributed by atoms with Crippen LogP contribution in [0.2, 0.25) is 0 Å². The van der Waals surface area contributed by atoms with E-state index >= 15 is 0 Å². The van der Waals surface area contributed by atoms with E-state index in [1.54, 1.807) is 12.1 Å². The van der Waals surface area contributed by atoms with Crippen molar-refractivity contribution >= 4 is 9.84 Å². The summed E-state index contributed by atoms with van der Waals surface area (Å²) in [7, 11) is -3.08. The Balaban J connectivity index is 1.89. The van der Waals surface area contributed by atoms with E-state index in [-0.39, 0.29) is 0 Å². The summed E-state index contributed by atoms with van der Waals surface area (Å²) in [6.07, 6.45) is 6.41. The summed E-state index contributed by atoms with van der Waals surface area (Å²) in [6.45, 7) is 3.14. The Morgan fingerprint density at radius 2 is 1.89 bits per heavy atom. The highest BCUT2D eigenvalue weighted by molar-refractivity contribution is 7.90. The molecule has 0 bridgehead atoms. The summed E-state index contributed by atoms with van der Waals surface area (Å²) in [5.41, 5.74) is 1.14. The Hall–Kier alpha value is -0.870. The fraction of sp³-hybridized carbons (Fsp3) is 0.600. The summed E-state index contributed by atoms with van der Waals surface area (Å²) < 4.78 is 22.7. The third-order valence-corrected chi connectivity index (χ3v) is 5.01. The molecule has 1 saturated carbocycles. The molecule has 0 aliphatic heterocycles. The van der Waals surface area contributed by atoms with Crippen molar-refractivity contribution in [1.82, 2.24) is 5.32 Å². The fourth-order valence-corrected chi connectivity index (χ4v) is 3.37. The molecule has 0 heterocycles. The van der Waals surface area contributed by atoms with E-state index in [9.17, 15) is 8.42 Å². The fourth-order valence-electron chi connectivity index (χ4n) is 2.74. The van der Waals surface area contributed by atoms with Crippen LogP contribution in [0.1, 0.15) is 38.2 Å². The monoisotopic (exact) mass is 281 g/mol. The van der Waals surface area contributed by atoms with E-state index in [0.717, 1.165) is 18.0 Å². The molecule has 2 unspecified atom stereocenters. The molecule has 19 heavy (non-hydrogen) atoms. The van der Waals surface area contributed by atoms with Gasteiger partial charge in [-0.15, -0.1) is 0 Å². The highest BCUT2D eigenvalue weighted by atomic mass is 32.2. The molecule has 1 aliphatic rings. The lowest BCUT2D eigenvalue weighted by Crippen LogP contribution is -2.33. The van der Waals surface area contributed by atoms with Crippen LogP contribution in [0.25, 0.3) is 0 Å². The van der Waals surface area contributed by atoms with Gasteiger partial charge in [0.1, 0.15) is 0 Å². The van der Waals surface area contributed by atoms with Gasteiger partial charge in [-0.2, -0.15) is 0 Å². The van der Waals surface area contributed by atoms with Crippen LogP contribution in [0.3, 0.4) is 0 Å². The van der Waals surface area contributed by atoms with Gasteiger partial charge in [0, 0.05) is 18.8 Å². The van der Waals surface area contributed by atoms with Crippen LogP contribution in [0.5, 0.6) is 0 Å². The van der Waals surface area contributed by atoms with Gasteiger partial charge in [0.25, 0.3) is 0 Å². The third-order valence-electron chi connectivity index (χ3n) is 3.88. The molecule has 1 fully saturated rings. The Morgan fingerprint density at radius 1 is 1.21 bits per heavy atom. The van der Waals surface area contributed by atoms with Crippen molar-refractivity contribution in [2.24, 2.45) is 5.92 Å². The van der Waals surface area contributed by atoms with Crippen molar-refractivity contribution in [2.45, 2.75) is 50.1 Å². The third kappa shape index (κ3) is 4.32. The summed E-state index contributed by atoms with van der Waals surface area (Å²) >= 11 is 0. The maximum atomic E-state index is 11.4. The van der Waals surface area contributed by atoms with Crippen molar-refractivity contribution in [3.63, 3.8) is 0 Å². The second-order valence-corrected chi connectivity index (χ2v) is 7.78. The first-order chi connectivity index (χ1) is 8.95. The summed E-state index contributed by atoms with van der Waals surface area (Å²) in [5, 5.41) is 3.58. The van der Waals surface area contributed by atoms with Gasteiger partial charge >= 0.3 is 0 Å². The van der Waals surface area contributed by atoms with E-state index in [0.29, 0.717) is 10.9 Å². The molecule has 1 aromatic carbocycles. The molecule has 0 radical (unpaired) electrons. The van der Waals surface area contributed by atoms with Gasteiger partial charge in [0.2, 0.25) is 0 Å². The lowest BCUT2D eigenvalue weighted by atomic mass is 9.87. The average Bonchev–Trinajstić information content (AvgIpc) is 2.36. The quantitative estimate of drug-likeness (QED) is 0.923. The number of benzene rings is 1. The Kier molecular flexibility index (Phi) is 4.63. The minimum Gasteiger partial charge on any atom is -0.310 e. The predicted octanol–water partition coefficient (Wildman–Crippen LogP) is 2.76. The Bertz CT molecular complexity index is 507. The second-order valence-electron chi connectivity index (χ2n) is 5.77. The molecule has 4 heteroatoms. The molecule has 1 N–H and O–H groups in total. The molecule has 106 valence electrons. The lowest BCUT2D eigenvalue weighted by Gasteiger charge is -2.27. The van der Waals surface area contributed by atoms with Crippen LogP contribution in [0.4, 0.5) is 0 Å². The van der Waals surface area contributed by atoms with Gasteiger partial charge in [0.05, 0.1) is 4.90 Å². The number of nitrogens with one attached hydrogen (secondary N) is 1. The van der Waals surface area contributed by atoms with Gasteiger partial charge in [-0.25, -0.2) is 8.42 Å². The van der Waals surface area contributed by atoms with Crippen LogP contribution >= 0.6 is 0 Å². The molecule has 0 spiro atoms. The second kappa shape index (κ2) is 6.06. The molecular weight excluding hydrogens is 258 g/mol. The maximum Gasteiger partial charge on any atom is 0.175 e. The zero-order chi connectivity index (χ0) is 13.9. The van der Waals surface area contributed by atoms with Crippen LogP contribution in [0, 0.1) is 5.92 Å². The molecule has 2 atom stereocenters. The SMILES string of the molecule is CC1CCCC(NCc2ccc(S(C)(=O)=O)cc2)C1. The van der Waals surface area contributed by atoms with Crippen LogP contribution < -0.4 is 5.32 Å². The minimum atomic E-state index is -3.08. The van der Waals surface area contributed by atoms with Crippen LogP contribution in [-0.4, -0.2) is 20.7 Å². The van der Waals surface area contributed by atoms with Gasteiger partial charge in [0.15, 0.2) is 9.84 Å². The standard InChI is InChI=1S/C15H23NO2S/c1-12-4-3-5-14(10-12)16-11-13-6-8-15(9-7-13)19(2,17)18/h6-9,12,14,16H,3-5,10-11H2,1-2H3. The molecule has 0 amide bonds. The minimum absolute atomic E-state index is 0.391. The first-order valence-electron chi connectivity index (χ1n) is 6.97. The van der Waals surface area contributed by atoms with Crippen molar-refractivity contribution in [1.29, 1.82) is 0 Å². The number of rotatable bonds is 4. The van der Waals surface area contributed by atoms with E-state index in [4.69, 9.17) is 0 Å². The number of hydrogen-bond acceptors (Lipinski definition) is 3. The van der Waals surface area contributed by atoms with E-state index in [1.807, 2.05) is 12.1 Å². The zero-order valence-electron chi connectivity index (χ0n) is 11.7. The van der Waals surface area contributed by atoms with Crippen LogP contribution in [0.15, 0.2) is 29.2 Å². The van der Waals surface area contributed by atoms with Gasteiger partial charge in [-0.1, -0.05) is 31.9 Å². The van der Waals surface area contributed by atoms with Gasteiger partial charge in [-0.05, 0) is 36.5 Å². The normalized spacial score (nSPS) is 24.3. The highest BCUT2D eigenvalue weighted by Gasteiger charge is 2.18. The summed E-state index contributed by atoms with van der Waals surface area (Å²) in [5.74, 6) is 0.818. The molecule has 3 nitrogen and oxygen atoms in total. The van der Waals surface area contributed by atoms with E-state index in [1.165, 1.54) is 31.9 Å². The molecule has 0 aromatic heterocycles. The summed E-state index contributed by atoms with van der Waals surface area (Å²) in [6, 6.07) is 7.79. The molecule has 1 aromatic rings. The summed E-state index contributed by atoms with van der Waals surface area (Å²) in [4.78, 5) is 0.391. The Labute approximate surface area is 116 Å². The molecule has 2 rings (SSSR count). The number of hydrogen-bond donors (Lipinski definition) is 1. The van der Waals surface area contributed by atoms with Crippen molar-refractivity contribution in [3.05, 3.63) is 29.8 Å². The zero-order valence-corrected chi connectivity index (χ0v) is 12.5. The predicted molar refractivity (Wildman–Crippen MR) is 77.8 cm³/mol. The maximum absolute atomic E-state index is 11.4. The Morgan fingerprint density at radius 3 is 2.47 bits per heavy atom. The highest BCUT2D eigenvalue weighted by Crippen LogP contribution is 2.23. The van der Waals surface area contributed by atoms with E-state index < -0.39 is 9.84 Å². The molecule has 1 aliphatic carbocycles. The van der Waals surface area contributed by atoms with Crippen molar-refractivity contribution in [3.8, 4) is 0 Å². The van der Waals surface area contributed by atoms with Crippen molar-refractivity contribution < 1.29 is 8.42 Å². The first-order valence-corrected chi connectivity index (χ1v) is 8.86. The van der Waals surface area contributed by atoms with Crippen LogP contribution in [-0.2, 0) is 16.4 Å². The van der Waals surface area contributed by atoms with Gasteiger partial charge in [-0.3, -0.25) is 0 Å².